The van der Waals surface area contributed by atoms with E-state index in [0.717, 1.165) is 0 Å². The van der Waals surface area contributed by atoms with Gasteiger partial charge >= 0.3 is 167 Å². The summed E-state index contributed by atoms with van der Waals surface area (Å²) in [5.41, 5.74) is 4.47. The number of rotatable bonds is 5. The summed E-state index contributed by atoms with van der Waals surface area (Å²) in [6.45, 7) is 27.9. The second kappa shape index (κ2) is 7.89. The van der Waals surface area contributed by atoms with Crippen LogP contribution in [-0.4, -0.2) is 13.6 Å². The molecule has 0 aliphatic rings. The second-order valence-electron chi connectivity index (χ2n) is 11.0. The molecule has 0 amide bonds. The molecule has 0 aliphatic carbocycles. The Morgan fingerprint density at radius 2 is 1.00 bits per heavy atom. The molecular formula is C24H44GeO. The molecule has 150 valence electrons. The Labute approximate surface area is 167 Å². The van der Waals surface area contributed by atoms with Gasteiger partial charge in [0.25, 0.3) is 0 Å². The van der Waals surface area contributed by atoms with Gasteiger partial charge in [-0.05, 0) is 0 Å². The Morgan fingerprint density at radius 3 is 1.23 bits per heavy atom. The zero-order chi connectivity index (χ0) is 20.6. The molecule has 0 bridgehead atoms. The van der Waals surface area contributed by atoms with E-state index in [9.17, 15) is 0 Å². The van der Waals surface area contributed by atoms with Crippen molar-refractivity contribution in [2.75, 3.05) is 0 Å². The fraction of sp³-hybridized carbons (Fsp3) is 0.750. The standard InChI is InChI=1S/C24H44GeO/c1-13-25(14-2,15-3)26-21-19(23(7,8)9)16-18(22(4,5)6)17-20(21)24(10,11)12/h16-17H,13-15H2,1-12H3. The van der Waals surface area contributed by atoms with Crippen LogP contribution in [0.25, 0.3) is 0 Å². The number of benzene rings is 1. The molecule has 1 aromatic carbocycles. The minimum atomic E-state index is -2.32. The van der Waals surface area contributed by atoms with Crippen LogP contribution in [0.2, 0.25) is 15.8 Å². The van der Waals surface area contributed by atoms with Gasteiger partial charge in [-0.3, -0.25) is 0 Å². The quantitative estimate of drug-likeness (QED) is 0.438. The molecule has 0 atom stereocenters. The van der Waals surface area contributed by atoms with Crippen molar-refractivity contribution in [1.82, 2.24) is 0 Å². The van der Waals surface area contributed by atoms with E-state index < -0.39 is 13.6 Å². The van der Waals surface area contributed by atoms with Crippen molar-refractivity contribution < 1.29 is 3.76 Å². The average molecular weight is 421 g/mol. The van der Waals surface area contributed by atoms with Crippen LogP contribution >= 0.6 is 0 Å². The van der Waals surface area contributed by atoms with Crippen LogP contribution in [0.1, 0.15) is 99.8 Å². The molecule has 0 unspecified atom stereocenters. The maximum absolute atomic E-state index is 7.12. The molecule has 0 spiro atoms. The topological polar surface area (TPSA) is 9.23 Å². The molecule has 0 aromatic heterocycles. The van der Waals surface area contributed by atoms with E-state index in [1.54, 1.807) is 0 Å². The Morgan fingerprint density at radius 1 is 0.654 bits per heavy atom. The Bertz CT molecular complexity index is 561. The van der Waals surface area contributed by atoms with Gasteiger partial charge in [0, 0.05) is 0 Å². The molecule has 0 radical (unpaired) electrons. The second-order valence-corrected chi connectivity index (χ2v) is 20.8. The zero-order valence-corrected chi connectivity index (χ0v) is 21.8. The molecule has 26 heavy (non-hydrogen) atoms. The summed E-state index contributed by atoms with van der Waals surface area (Å²) in [5.74, 6) is 1.21. The number of hydrogen-bond acceptors (Lipinski definition) is 1. The van der Waals surface area contributed by atoms with Crippen molar-refractivity contribution in [3.05, 3.63) is 28.8 Å². The first kappa shape index (κ1) is 23.6. The van der Waals surface area contributed by atoms with Gasteiger partial charge in [-0.2, -0.15) is 0 Å². The van der Waals surface area contributed by atoms with E-state index in [1.165, 1.54) is 38.2 Å². The van der Waals surface area contributed by atoms with E-state index in [2.05, 4.69) is 95.2 Å². The van der Waals surface area contributed by atoms with E-state index in [4.69, 9.17) is 3.76 Å². The Kier molecular flexibility index (Phi) is 7.17. The first-order chi connectivity index (χ1) is 11.6. The molecule has 0 fully saturated rings. The van der Waals surface area contributed by atoms with Crippen molar-refractivity contribution in [3.63, 3.8) is 0 Å². The number of hydrogen-bond donors (Lipinski definition) is 0. The van der Waals surface area contributed by atoms with E-state index in [0.29, 0.717) is 0 Å². The van der Waals surface area contributed by atoms with Gasteiger partial charge in [-0.25, -0.2) is 0 Å². The Hall–Kier alpha value is -0.437. The van der Waals surface area contributed by atoms with Crippen LogP contribution in [0, 0.1) is 0 Å². The van der Waals surface area contributed by atoms with Crippen LogP contribution in [0.15, 0.2) is 12.1 Å². The Balaban J connectivity index is 3.85. The van der Waals surface area contributed by atoms with Gasteiger partial charge in [0.1, 0.15) is 0 Å². The predicted octanol–water partition coefficient (Wildman–Crippen LogP) is 7.96. The van der Waals surface area contributed by atoms with Crippen molar-refractivity contribution in [2.24, 2.45) is 0 Å². The van der Waals surface area contributed by atoms with Crippen LogP contribution in [0.3, 0.4) is 0 Å². The third kappa shape index (κ3) is 5.30. The predicted molar refractivity (Wildman–Crippen MR) is 120 cm³/mol. The van der Waals surface area contributed by atoms with Gasteiger partial charge in [0.15, 0.2) is 0 Å². The van der Waals surface area contributed by atoms with Gasteiger partial charge in [-0.15, -0.1) is 0 Å². The SMILES string of the molecule is C[CH2][Ge]([CH2]C)([CH2]C)[O]c1c(C(C)(C)C)cc(C(C)(C)C)cc1C(C)(C)C. The molecule has 2 heteroatoms. The van der Waals surface area contributed by atoms with Gasteiger partial charge < -0.3 is 0 Å². The molecule has 1 nitrogen and oxygen atoms in total. The molecule has 0 heterocycles. The van der Waals surface area contributed by atoms with Crippen LogP contribution in [0.4, 0.5) is 0 Å². The summed E-state index contributed by atoms with van der Waals surface area (Å²) >= 11 is -2.32. The normalized spacial score (nSPS) is 13.8. The van der Waals surface area contributed by atoms with Gasteiger partial charge in [0.05, 0.1) is 0 Å². The maximum atomic E-state index is 7.12. The summed E-state index contributed by atoms with van der Waals surface area (Å²) in [6.07, 6.45) is 0. The molecule has 0 saturated heterocycles. The summed E-state index contributed by atoms with van der Waals surface area (Å²) < 4.78 is 7.12. The molecule has 1 aromatic rings. The minimum absolute atomic E-state index is 0.0692. The van der Waals surface area contributed by atoms with E-state index in [1.807, 2.05) is 0 Å². The van der Waals surface area contributed by atoms with Crippen molar-refractivity contribution >= 4 is 13.6 Å². The van der Waals surface area contributed by atoms with Crippen molar-refractivity contribution in [3.8, 4) is 5.75 Å². The molecule has 0 N–H and O–H groups in total. The van der Waals surface area contributed by atoms with Crippen LogP contribution < -0.4 is 3.76 Å². The monoisotopic (exact) mass is 422 g/mol. The van der Waals surface area contributed by atoms with Crippen LogP contribution in [-0.2, 0) is 16.2 Å². The summed E-state index contributed by atoms with van der Waals surface area (Å²) in [6, 6.07) is 4.86. The van der Waals surface area contributed by atoms with E-state index in [-0.39, 0.29) is 16.2 Å². The fourth-order valence-corrected chi connectivity index (χ4v) is 8.89. The fourth-order valence-electron chi connectivity index (χ4n) is 3.47. The first-order valence-corrected chi connectivity index (χ1v) is 15.8. The average Bonchev–Trinajstić information content (AvgIpc) is 2.49. The first-order valence-electron chi connectivity index (χ1n) is 10.5. The zero-order valence-electron chi connectivity index (χ0n) is 19.7. The van der Waals surface area contributed by atoms with Gasteiger partial charge in [-0.1, -0.05) is 0 Å². The molecular weight excluding hydrogens is 377 g/mol. The summed E-state index contributed by atoms with van der Waals surface area (Å²) in [5, 5.41) is 3.67. The van der Waals surface area contributed by atoms with Crippen LogP contribution in [0.5, 0.6) is 5.75 Å². The summed E-state index contributed by atoms with van der Waals surface area (Å²) in [7, 11) is 0. The molecule has 0 saturated carbocycles. The van der Waals surface area contributed by atoms with Gasteiger partial charge in [0.2, 0.25) is 0 Å². The van der Waals surface area contributed by atoms with E-state index >= 15 is 0 Å². The molecule has 0 aliphatic heterocycles. The van der Waals surface area contributed by atoms with Crippen molar-refractivity contribution in [1.29, 1.82) is 0 Å². The molecule has 1 rings (SSSR count). The summed E-state index contributed by atoms with van der Waals surface area (Å²) in [4.78, 5) is 0. The third-order valence-electron chi connectivity index (χ3n) is 5.82. The third-order valence-corrected chi connectivity index (χ3v) is 15.3. The van der Waals surface area contributed by atoms with Crippen molar-refractivity contribution in [2.45, 2.75) is 115 Å².